The van der Waals surface area contributed by atoms with Gasteiger partial charge in [-0.2, -0.15) is 11.8 Å². The summed E-state index contributed by atoms with van der Waals surface area (Å²) in [7, 11) is 0. The maximum Gasteiger partial charge on any atom is 0.253 e. The predicted molar refractivity (Wildman–Crippen MR) is 112 cm³/mol. The lowest BCUT2D eigenvalue weighted by Crippen LogP contribution is -2.33. The van der Waals surface area contributed by atoms with E-state index in [9.17, 15) is 4.79 Å². The second kappa shape index (κ2) is 10.5. The third-order valence-electron chi connectivity index (χ3n) is 5.50. The highest BCUT2D eigenvalue weighted by molar-refractivity contribution is 7.99. The zero-order valence-electron chi connectivity index (χ0n) is 16.6. The number of thioether (sulfide) groups is 1. The highest BCUT2D eigenvalue weighted by Gasteiger charge is 2.24. The van der Waals surface area contributed by atoms with Crippen LogP contribution in [0.5, 0.6) is 0 Å². The minimum absolute atomic E-state index is 0.0533. The largest absolute Gasteiger partial charge is 0.381 e. The highest BCUT2D eigenvalue weighted by atomic mass is 32.2. The Morgan fingerprint density at radius 3 is 2.89 bits per heavy atom. The lowest BCUT2D eigenvalue weighted by Gasteiger charge is -2.29. The summed E-state index contributed by atoms with van der Waals surface area (Å²) in [5.41, 5.74) is 2.11. The molecule has 1 N–H and O–H groups in total. The Morgan fingerprint density at radius 1 is 1.30 bits per heavy atom. The second-order valence-corrected chi connectivity index (χ2v) is 9.27. The van der Waals surface area contributed by atoms with Gasteiger partial charge in [0.15, 0.2) is 0 Å². The molecule has 0 radical (unpaired) electrons. The number of amides is 1. The summed E-state index contributed by atoms with van der Waals surface area (Å²) < 4.78 is 11.4. The zero-order chi connectivity index (χ0) is 19.1. The first-order valence-corrected chi connectivity index (χ1v) is 11.4. The number of nitrogens with one attached hydrogen (secondary N) is 1. The Hall–Kier alpha value is -1.04. The van der Waals surface area contributed by atoms with Gasteiger partial charge in [-0.1, -0.05) is 31.9 Å². The molecule has 1 heterocycles. The molecule has 150 valence electrons. The van der Waals surface area contributed by atoms with E-state index >= 15 is 0 Å². The third-order valence-corrected chi connectivity index (χ3v) is 6.95. The molecule has 0 aromatic heterocycles. The van der Waals surface area contributed by atoms with Gasteiger partial charge in [-0.15, -0.1) is 0 Å². The van der Waals surface area contributed by atoms with Gasteiger partial charge in [-0.05, 0) is 56.2 Å². The van der Waals surface area contributed by atoms with E-state index in [1.807, 2.05) is 30.8 Å². The number of hydrogen-bond donors (Lipinski definition) is 1. The Bertz CT molecular complexity index is 603. The van der Waals surface area contributed by atoms with Crippen LogP contribution in [0, 0.1) is 5.92 Å². The fourth-order valence-electron chi connectivity index (χ4n) is 3.89. The number of benzene rings is 1. The van der Waals surface area contributed by atoms with E-state index in [1.54, 1.807) is 0 Å². The normalized spacial score (nSPS) is 25.1. The van der Waals surface area contributed by atoms with E-state index in [-0.39, 0.29) is 12.0 Å². The summed E-state index contributed by atoms with van der Waals surface area (Å²) in [5, 5.41) is 3.71. The van der Waals surface area contributed by atoms with Crippen molar-refractivity contribution in [2.75, 3.05) is 18.5 Å². The maximum absolute atomic E-state index is 12.5. The average Bonchev–Trinajstić information content (AvgIpc) is 2.67. The monoisotopic (exact) mass is 391 g/mol. The van der Waals surface area contributed by atoms with Gasteiger partial charge in [0.25, 0.3) is 5.91 Å². The van der Waals surface area contributed by atoms with Gasteiger partial charge in [0.1, 0.15) is 6.10 Å². The minimum atomic E-state index is -0.416. The summed E-state index contributed by atoms with van der Waals surface area (Å²) in [6.07, 6.45) is 6.69. The van der Waals surface area contributed by atoms with E-state index in [0.29, 0.717) is 11.2 Å². The van der Waals surface area contributed by atoms with Crippen molar-refractivity contribution in [1.82, 2.24) is 0 Å². The fourth-order valence-corrected chi connectivity index (χ4v) is 5.03. The quantitative estimate of drug-likeness (QED) is 0.709. The van der Waals surface area contributed by atoms with Gasteiger partial charge in [0.05, 0.1) is 6.10 Å². The van der Waals surface area contributed by atoms with Crippen LogP contribution >= 0.6 is 11.8 Å². The molecule has 27 heavy (non-hydrogen) atoms. The molecule has 1 aliphatic carbocycles. The van der Waals surface area contributed by atoms with Crippen LogP contribution in [-0.2, 0) is 20.0 Å². The number of anilines is 1. The average molecular weight is 392 g/mol. The lowest BCUT2D eigenvalue weighted by molar-refractivity contribution is -0.131. The molecule has 1 amide bonds. The maximum atomic E-state index is 12.5. The summed E-state index contributed by atoms with van der Waals surface area (Å²) in [6.45, 7) is 5.89. The first-order valence-electron chi connectivity index (χ1n) is 10.3. The molecule has 1 saturated carbocycles. The Labute approximate surface area is 167 Å². The van der Waals surface area contributed by atoms with E-state index in [4.69, 9.17) is 9.47 Å². The lowest BCUT2D eigenvalue weighted by atomic mass is 9.88. The van der Waals surface area contributed by atoms with Crippen molar-refractivity contribution in [3.63, 3.8) is 0 Å². The predicted octanol–water partition coefficient (Wildman–Crippen LogP) is 5.02. The first-order chi connectivity index (χ1) is 13.1. The van der Waals surface area contributed by atoms with Crippen LogP contribution < -0.4 is 5.32 Å². The SMILES string of the molecule is CC1CCCC(OC(C)C(=O)Nc2cccc(CSC3CCOCC3)c2)C1. The zero-order valence-corrected chi connectivity index (χ0v) is 17.4. The Balaban J connectivity index is 1.46. The van der Waals surface area contributed by atoms with Crippen LogP contribution in [0.2, 0.25) is 0 Å². The molecule has 1 aromatic carbocycles. The van der Waals surface area contributed by atoms with Gasteiger partial charge < -0.3 is 14.8 Å². The van der Waals surface area contributed by atoms with Crippen LogP contribution in [-0.4, -0.2) is 36.6 Å². The van der Waals surface area contributed by atoms with Crippen molar-refractivity contribution in [3.8, 4) is 0 Å². The van der Waals surface area contributed by atoms with E-state index in [1.165, 1.54) is 18.4 Å². The van der Waals surface area contributed by atoms with E-state index in [2.05, 4.69) is 24.4 Å². The number of ether oxygens (including phenoxy) is 2. The molecule has 3 atom stereocenters. The standard InChI is InChI=1S/C22H33NO3S/c1-16-5-3-8-20(13-16)26-17(2)22(24)23-19-7-4-6-18(14-19)15-27-21-9-11-25-12-10-21/h4,6-7,14,16-17,20-21H,3,5,8-13,15H2,1-2H3,(H,23,24). The van der Waals surface area contributed by atoms with Crippen molar-refractivity contribution >= 4 is 23.4 Å². The molecule has 3 rings (SSSR count). The topological polar surface area (TPSA) is 47.6 Å². The van der Waals surface area contributed by atoms with Gasteiger partial charge in [-0.3, -0.25) is 4.79 Å². The molecule has 1 aromatic rings. The van der Waals surface area contributed by atoms with Crippen LogP contribution in [0.1, 0.15) is 57.9 Å². The van der Waals surface area contributed by atoms with E-state index in [0.717, 1.165) is 50.3 Å². The van der Waals surface area contributed by atoms with Crippen LogP contribution in [0.3, 0.4) is 0 Å². The number of carbonyl (C=O) groups is 1. The van der Waals surface area contributed by atoms with Gasteiger partial charge >= 0.3 is 0 Å². The molecule has 2 aliphatic rings. The third kappa shape index (κ3) is 6.81. The Kier molecular flexibility index (Phi) is 8.04. The van der Waals surface area contributed by atoms with Crippen LogP contribution in [0.4, 0.5) is 5.69 Å². The van der Waals surface area contributed by atoms with Gasteiger partial charge in [-0.25, -0.2) is 0 Å². The van der Waals surface area contributed by atoms with Crippen LogP contribution in [0.15, 0.2) is 24.3 Å². The number of rotatable bonds is 7. The molecule has 1 saturated heterocycles. The molecule has 3 unspecified atom stereocenters. The summed E-state index contributed by atoms with van der Waals surface area (Å²) >= 11 is 1.99. The molecule has 2 fully saturated rings. The van der Waals surface area contributed by atoms with Crippen molar-refractivity contribution in [3.05, 3.63) is 29.8 Å². The molecule has 0 spiro atoms. The van der Waals surface area contributed by atoms with Gasteiger partial charge in [0.2, 0.25) is 0 Å². The van der Waals surface area contributed by atoms with E-state index < -0.39 is 6.10 Å². The van der Waals surface area contributed by atoms with Crippen LogP contribution in [0.25, 0.3) is 0 Å². The summed E-state index contributed by atoms with van der Waals surface area (Å²) in [5.74, 6) is 1.62. The molecule has 1 aliphatic heterocycles. The molecule has 5 heteroatoms. The minimum Gasteiger partial charge on any atom is -0.381 e. The number of carbonyl (C=O) groups excluding carboxylic acids is 1. The molecular formula is C22H33NO3S. The highest BCUT2D eigenvalue weighted by Crippen LogP contribution is 2.28. The summed E-state index contributed by atoms with van der Waals surface area (Å²) in [6, 6.07) is 8.19. The van der Waals surface area contributed by atoms with Crippen molar-refractivity contribution in [2.24, 2.45) is 5.92 Å². The summed E-state index contributed by atoms with van der Waals surface area (Å²) in [4.78, 5) is 12.5. The second-order valence-electron chi connectivity index (χ2n) is 7.98. The van der Waals surface area contributed by atoms with Gasteiger partial charge in [0, 0.05) is 29.9 Å². The molecular weight excluding hydrogens is 358 g/mol. The van der Waals surface area contributed by atoms with Crippen molar-refractivity contribution in [2.45, 2.75) is 75.6 Å². The molecule has 0 bridgehead atoms. The first kappa shape index (κ1) is 20.7. The van der Waals surface area contributed by atoms with Crippen molar-refractivity contribution in [1.29, 1.82) is 0 Å². The fraction of sp³-hybridized carbons (Fsp3) is 0.682. The number of hydrogen-bond acceptors (Lipinski definition) is 4. The Morgan fingerprint density at radius 2 is 2.11 bits per heavy atom. The van der Waals surface area contributed by atoms with Crippen molar-refractivity contribution < 1.29 is 14.3 Å². The smallest absolute Gasteiger partial charge is 0.253 e. The molecule has 4 nitrogen and oxygen atoms in total.